The highest BCUT2D eigenvalue weighted by molar-refractivity contribution is 5.91. The molecule has 5 nitrogen and oxygen atoms in total. The number of halogens is 3. The van der Waals surface area contributed by atoms with Crippen molar-refractivity contribution in [1.29, 1.82) is 0 Å². The number of hydrogen-bond donors (Lipinski definition) is 2. The number of para-hydroxylation sites is 1. The molecule has 158 valence electrons. The first kappa shape index (κ1) is 21.2. The number of alkyl halides is 3. The lowest BCUT2D eigenvalue weighted by Gasteiger charge is -2.31. The zero-order valence-electron chi connectivity index (χ0n) is 16.8. The van der Waals surface area contributed by atoms with Crippen molar-refractivity contribution in [2.75, 3.05) is 5.32 Å². The maximum absolute atomic E-state index is 13.2. The van der Waals surface area contributed by atoms with Crippen LogP contribution in [0.3, 0.4) is 0 Å². The Morgan fingerprint density at radius 3 is 2.31 bits per heavy atom. The number of carbonyl (C=O) groups is 1. The van der Waals surface area contributed by atoms with Crippen LogP contribution in [0.1, 0.15) is 52.1 Å². The fourth-order valence-electron chi connectivity index (χ4n) is 3.52. The van der Waals surface area contributed by atoms with Gasteiger partial charge in [-0.2, -0.15) is 13.2 Å². The van der Waals surface area contributed by atoms with Crippen molar-refractivity contribution >= 4 is 22.7 Å². The Kier molecular flexibility index (Phi) is 5.91. The van der Waals surface area contributed by atoms with E-state index < -0.39 is 23.6 Å². The number of anilines is 1. The maximum Gasteiger partial charge on any atom is 0.433 e. The first-order chi connectivity index (χ1) is 13.5. The summed E-state index contributed by atoms with van der Waals surface area (Å²) in [7, 11) is 0. The van der Waals surface area contributed by atoms with Gasteiger partial charge >= 0.3 is 12.3 Å². The van der Waals surface area contributed by atoms with Gasteiger partial charge in [0.15, 0.2) is 0 Å². The van der Waals surface area contributed by atoms with E-state index in [2.05, 4.69) is 15.6 Å². The highest BCUT2D eigenvalue weighted by atomic mass is 19.4. The Morgan fingerprint density at radius 2 is 1.69 bits per heavy atom. The van der Waals surface area contributed by atoms with Crippen LogP contribution < -0.4 is 10.6 Å². The summed E-state index contributed by atoms with van der Waals surface area (Å²) >= 11 is 0. The summed E-state index contributed by atoms with van der Waals surface area (Å²) in [4.78, 5) is 15.7. The van der Waals surface area contributed by atoms with Crippen LogP contribution in [-0.2, 0) is 10.9 Å². The number of amides is 1. The number of pyridine rings is 1. The van der Waals surface area contributed by atoms with Crippen molar-refractivity contribution in [3.05, 3.63) is 36.0 Å². The summed E-state index contributed by atoms with van der Waals surface area (Å²) in [6.45, 7) is 5.42. The molecule has 1 aromatic carbocycles. The van der Waals surface area contributed by atoms with Crippen LogP contribution in [0.5, 0.6) is 0 Å². The summed E-state index contributed by atoms with van der Waals surface area (Å²) in [6, 6.07) is 7.91. The highest BCUT2D eigenvalue weighted by Gasteiger charge is 2.34. The maximum atomic E-state index is 13.2. The van der Waals surface area contributed by atoms with Crippen molar-refractivity contribution in [3.63, 3.8) is 0 Å². The number of fused-ring (bicyclic) bond motifs is 1. The third kappa shape index (κ3) is 5.74. The summed E-state index contributed by atoms with van der Waals surface area (Å²) in [5.41, 5.74) is -0.711. The monoisotopic (exact) mass is 409 g/mol. The molecule has 0 radical (unpaired) electrons. The van der Waals surface area contributed by atoms with Crippen molar-refractivity contribution in [2.24, 2.45) is 0 Å². The third-order valence-corrected chi connectivity index (χ3v) is 4.81. The lowest BCUT2D eigenvalue weighted by Crippen LogP contribution is -2.42. The smallest absolute Gasteiger partial charge is 0.433 e. The predicted octanol–water partition coefficient (Wildman–Crippen LogP) is 5.50. The molecule has 1 aromatic heterocycles. The van der Waals surface area contributed by atoms with Gasteiger partial charge in [-0.1, -0.05) is 18.2 Å². The SMILES string of the molecule is CC(C)(C)OC(=O)NC1CCC(Nc2cc(C(F)(F)F)nc3ccccc23)CC1. The van der Waals surface area contributed by atoms with Crippen molar-refractivity contribution < 1.29 is 22.7 Å². The van der Waals surface area contributed by atoms with Crippen LogP contribution in [0.25, 0.3) is 10.9 Å². The quantitative estimate of drug-likeness (QED) is 0.703. The topological polar surface area (TPSA) is 63.2 Å². The average molecular weight is 409 g/mol. The lowest BCUT2D eigenvalue weighted by molar-refractivity contribution is -0.140. The van der Waals surface area contributed by atoms with Gasteiger partial charge in [0.1, 0.15) is 11.3 Å². The molecule has 0 bridgehead atoms. The van der Waals surface area contributed by atoms with Gasteiger partial charge in [-0.3, -0.25) is 0 Å². The number of hydrogen-bond acceptors (Lipinski definition) is 4. The van der Waals surface area contributed by atoms with Gasteiger partial charge in [-0.05, 0) is 58.6 Å². The molecular formula is C21H26F3N3O2. The van der Waals surface area contributed by atoms with Crippen molar-refractivity contribution in [1.82, 2.24) is 10.3 Å². The number of carbonyl (C=O) groups excluding carboxylic acids is 1. The Bertz CT molecular complexity index is 870. The van der Waals surface area contributed by atoms with Crippen LogP contribution in [0.2, 0.25) is 0 Å². The van der Waals surface area contributed by atoms with Crippen LogP contribution in [0.15, 0.2) is 30.3 Å². The van der Waals surface area contributed by atoms with Gasteiger partial charge in [-0.15, -0.1) is 0 Å². The van der Waals surface area contributed by atoms with E-state index in [-0.39, 0.29) is 12.1 Å². The number of nitrogens with one attached hydrogen (secondary N) is 2. The van der Waals surface area contributed by atoms with Gasteiger partial charge in [0, 0.05) is 23.2 Å². The number of alkyl carbamates (subject to hydrolysis) is 1. The van der Waals surface area contributed by atoms with Gasteiger partial charge in [-0.25, -0.2) is 9.78 Å². The van der Waals surface area contributed by atoms with Crippen LogP contribution >= 0.6 is 0 Å². The van der Waals surface area contributed by atoms with E-state index in [9.17, 15) is 18.0 Å². The Morgan fingerprint density at radius 1 is 1.07 bits per heavy atom. The summed E-state index contributed by atoms with van der Waals surface area (Å²) in [6.07, 6.45) is -2.02. The van der Waals surface area contributed by atoms with Crippen molar-refractivity contribution in [3.8, 4) is 0 Å². The molecule has 0 aliphatic heterocycles. The fraction of sp³-hybridized carbons (Fsp3) is 0.524. The first-order valence-electron chi connectivity index (χ1n) is 9.74. The molecule has 1 aliphatic carbocycles. The molecule has 2 aromatic rings. The fourth-order valence-corrected chi connectivity index (χ4v) is 3.52. The molecule has 0 saturated heterocycles. The minimum Gasteiger partial charge on any atom is -0.444 e. The molecule has 1 aliphatic rings. The minimum absolute atomic E-state index is 0.00261. The third-order valence-electron chi connectivity index (χ3n) is 4.81. The summed E-state index contributed by atoms with van der Waals surface area (Å²) < 4.78 is 44.9. The van der Waals surface area contributed by atoms with Gasteiger partial charge in [0.2, 0.25) is 0 Å². The molecular weight excluding hydrogens is 383 g/mol. The second-order valence-corrected chi connectivity index (χ2v) is 8.41. The zero-order chi connectivity index (χ0) is 21.2. The lowest BCUT2D eigenvalue weighted by atomic mass is 9.91. The standard InChI is InChI=1S/C21H26F3N3O2/c1-20(2,3)29-19(28)26-14-10-8-13(9-11-14)25-17-12-18(21(22,23)24)27-16-7-5-4-6-15(16)17/h4-7,12-14H,8-11H2,1-3H3,(H,25,27)(H,26,28). The normalized spacial score (nSPS) is 20.3. The molecule has 1 fully saturated rings. The Balaban J connectivity index is 1.66. The number of benzene rings is 1. The summed E-state index contributed by atoms with van der Waals surface area (Å²) in [5.74, 6) is 0. The summed E-state index contributed by atoms with van der Waals surface area (Å²) in [5, 5.41) is 6.80. The van der Waals surface area contributed by atoms with E-state index in [0.717, 1.165) is 31.7 Å². The van der Waals surface area contributed by atoms with Gasteiger partial charge < -0.3 is 15.4 Å². The molecule has 29 heavy (non-hydrogen) atoms. The molecule has 1 saturated carbocycles. The predicted molar refractivity (Wildman–Crippen MR) is 106 cm³/mol. The van der Waals surface area contributed by atoms with E-state index in [4.69, 9.17) is 4.74 Å². The Labute approximate surface area is 168 Å². The van der Waals surface area contributed by atoms with E-state index in [0.29, 0.717) is 16.6 Å². The van der Waals surface area contributed by atoms with E-state index in [1.165, 1.54) is 0 Å². The molecule has 3 rings (SSSR count). The largest absolute Gasteiger partial charge is 0.444 e. The zero-order valence-corrected chi connectivity index (χ0v) is 16.8. The number of nitrogens with zero attached hydrogens (tertiary/aromatic N) is 1. The number of ether oxygens (including phenoxy) is 1. The molecule has 8 heteroatoms. The highest BCUT2D eigenvalue weighted by Crippen LogP contribution is 2.34. The second kappa shape index (κ2) is 8.08. The molecule has 0 spiro atoms. The first-order valence-corrected chi connectivity index (χ1v) is 9.74. The minimum atomic E-state index is -4.50. The number of aromatic nitrogens is 1. The van der Waals surface area contributed by atoms with Crippen LogP contribution in [-0.4, -0.2) is 28.8 Å². The Hall–Kier alpha value is -2.51. The average Bonchev–Trinajstić information content (AvgIpc) is 2.61. The van der Waals surface area contributed by atoms with Crippen LogP contribution in [0, 0.1) is 0 Å². The van der Waals surface area contributed by atoms with E-state index in [1.54, 1.807) is 24.3 Å². The molecule has 1 heterocycles. The van der Waals surface area contributed by atoms with E-state index >= 15 is 0 Å². The van der Waals surface area contributed by atoms with Crippen molar-refractivity contribution in [2.45, 2.75) is 70.3 Å². The molecule has 1 amide bonds. The van der Waals surface area contributed by atoms with Gasteiger partial charge in [0.25, 0.3) is 0 Å². The molecule has 0 unspecified atom stereocenters. The second-order valence-electron chi connectivity index (χ2n) is 8.41. The molecule has 2 N–H and O–H groups in total. The van der Waals surface area contributed by atoms with Crippen LogP contribution in [0.4, 0.5) is 23.7 Å². The van der Waals surface area contributed by atoms with E-state index in [1.807, 2.05) is 20.8 Å². The number of rotatable bonds is 3. The van der Waals surface area contributed by atoms with Gasteiger partial charge in [0.05, 0.1) is 5.52 Å². The molecule has 0 atom stereocenters.